The molecular formula is C19H15Cl2NO4S. The van der Waals surface area contributed by atoms with Gasteiger partial charge in [-0.05, 0) is 66.7 Å². The van der Waals surface area contributed by atoms with Gasteiger partial charge < -0.3 is 9.47 Å². The minimum atomic E-state index is -0.406. The number of hydrogen-bond acceptors (Lipinski definition) is 5. The number of imide groups is 1. The summed E-state index contributed by atoms with van der Waals surface area (Å²) in [5.74, 6) is 0.483. The van der Waals surface area contributed by atoms with Crippen LogP contribution in [-0.4, -0.2) is 24.9 Å². The van der Waals surface area contributed by atoms with Gasteiger partial charge in [0.1, 0.15) is 0 Å². The normalized spacial score (nSPS) is 15.6. The second-order valence-electron chi connectivity index (χ2n) is 5.46. The lowest BCUT2D eigenvalue weighted by Gasteiger charge is -2.13. The van der Waals surface area contributed by atoms with Gasteiger partial charge in [0.25, 0.3) is 11.1 Å². The first-order valence-corrected chi connectivity index (χ1v) is 9.55. The third kappa shape index (κ3) is 4.08. The third-order valence-electron chi connectivity index (χ3n) is 3.72. The van der Waals surface area contributed by atoms with Gasteiger partial charge in [-0.25, -0.2) is 4.90 Å². The van der Waals surface area contributed by atoms with Gasteiger partial charge >= 0.3 is 0 Å². The van der Waals surface area contributed by atoms with E-state index in [4.69, 9.17) is 32.7 Å². The van der Waals surface area contributed by atoms with Crippen LogP contribution in [0.25, 0.3) is 6.08 Å². The maximum Gasteiger partial charge on any atom is 0.298 e. The Morgan fingerprint density at radius 2 is 1.85 bits per heavy atom. The Morgan fingerprint density at radius 3 is 2.48 bits per heavy atom. The minimum absolute atomic E-state index is 0.289. The highest BCUT2D eigenvalue weighted by atomic mass is 35.5. The summed E-state index contributed by atoms with van der Waals surface area (Å²) in [6.45, 7) is 2.28. The Labute approximate surface area is 170 Å². The molecule has 3 rings (SSSR count). The van der Waals surface area contributed by atoms with Crippen LogP contribution < -0.4 is 14.4 Å². The number of amides is 2. The second kappa shape index (κ2) is 8.25. The van der Waals surface area contributed by atoms with E-state index in [1.54, 1.807) is 42.5 Å². The molecule has 2 aromatic carbocycles. The maximum atomic E-state index is 12.7. The van der Waals surface area contributed by atoms with Crippen molar-refractivity contribution >= 4 is 57.9 Å². The molecule has 0 unspecified atom stereocenters. The fraction of sp³-hybridized carbons (Fsp3) is 0.158. The van der Waals surface area contributed by atoms with Crippen LogP contribution in [0.15, 0.2) is 41.3 Å². The van der Waals surface area contributed by atoms with E-state index in [-0.39, 0.29) is 10.1 Å². The number of nitrogens with zero attached hydrogens (tertiary/aromatic N) is 1. The van der Waals surface area contributed by atoms with Gasteiger partial charge in [-0.2, -0.15) is 0 Å². The van der Waals surface area contributed by atoms with E-state index in [1.807, 2.05) is 6.92 Å². The van der Waals surface area contributed by atoms with Gasteiger partial charge in [0.15, 0.2) is 11.5 Å². The predicted molar refractivity (Wildman–Crippen MR) is 109 cm³/mol. The lowest BCUT2D eigenvalue weighted by atomic mass is 10.1. The lowest BCUT2D eigenvalue weighted by molar-refractivity contribution is -0.113. The molecule has 0 aliphatic carbocycles. The molecule has 0 aromatic heterocycles. The zero-order chi connectivity index (χ0) is 19.6. The van der Waals surface area contributed by atoms with Gasteiger partial charge in [-0.1, -0.05) is 23.2 Å². The molecule has 1 saturated heterocycles. The Morgan fingerprint density at radius 1 is 1.15 bits per heavy atom. The van der Waals surface area contributed by atoms with Crippen LogP contribution in [0.3, 0.4) is 0 Å². The van der Waals surface area contributed by atoms with Crippen molar-refractivity contribution in [3.63, 3.8) is 0 Å². The zero-order valence-corrected chi connectivity index (χ0v) is 16.8. The molecule has 0 spiro atoms. The predicted octanol–water partition coefficient (Wildman–Crippen LogP) is 5.64. The first-order chi connectivity index (χ1) is 12.9. The van der Waals surface area contributed by atoms with Crippen molar-refractivity contribution < 1.29 is 19.1 Å². The minimum Gasteiger partial charge on any atom is -0.493 e. The summed E-state index contributed by atoms with van der Waals surface area (Å²) in [5.41, 5.74) is 1.09. The van der Waals surface area contributed by atoms with E-state index < -0.39 is 5.91 Å². The van der Waals surface area contributed by atoms with Gasteiger partial charge in [0, 0.05) is 5.02 Å². The number of benzene rings is 2. The first kappa shape index (κ1) is 19.6. The molecule has 2 aromatic rings. The highest BCUT2D eigenvalue weighted by molar-refractivity contribution is 8.19. The molecule has 140 valence electrons. The Bertz CT molecular complexity index is 928. The van der Waals surface area contributed by atoms with Crippen LogP contribution in [0, 0.1) is 0 Å². The molecule has 0 bridgehead atoms. The average Bonchev–Trinajstić information content (AvgIpc) is 2.91. The molecule has 2 amide bonds. The highest BCUT2D eigenvalue weighted by Crippen LogP contribution is 2.40. The van der Waals surface area contributed by atoms with Gasteiger partial charge in [-0.15, -0.1) is 0 Å². The number of anilines is 1. The number of halogens is 2. The SMILES string of the molecule is CCOc1c(Cl)cc(/C=C2/SC(=O)N(c3ccc(Cl)cc3)C2=O)cc1OC. The van der Waals surface area contributed by atoms with E-state index in [9.17, 15) is 9.59 Å². The third-order valence-corrected chi connectivity index (χ3v) is 5.12. The molecule has 1 fully saturated rings. The van der Waals surface area contributed by atoms with Crippen molar-refractivity contribution in [2.24, 2.45) is 0 Å². The molecule has 1 heterocycles. The van der Waals surface area contributed by atoms with Gasteiger partial charge in [0.05, 0.1) is 29.3 Å². The number of thioether (sulfide) groups is 1. The van der Waals surface area contributed by atoms with Crippen molar-refractivity contribution in [3.05, 3.63) is 56.9 Å². The molecular weight excluding hydrogens is 409 g/mol. The Hall–Kier alpha value is -2.15. The van der Waals surface area contributed by atoms with Crippen LogP contribution in [0.5, 0.6) is 11.5 Å². The van der Waals surface area contributed by atoms with E-state index in [0.717, 1.165) is 16.7 Å². The van der Waals surface area contributed by atoms with Crippen LogP contribution in [0.1, 0.15) is 12.5 Å². The number of carbonyl (C=O) groups is 2. The molecule has 0 N–H and O–H groups in total. The lowest BCUT2D eigenvalue weighted by Crippen LogP contribution is -2.27. The number of ether oxygens (including phenoxy) is 2. The van der Waals surface area contributed by atoms with E-state index >= 15 is 0 Å². The first-order valence-electron chi connectivity index (χ1n) is 7.98. The Balaban J connectivity index is 1.94. The number of methoxy groups -OCH3 is 1. The topological polar surface area (TPSA) is 55.8 Å². The quantitative estimate of drug-likeness (QED) is 0.582. The molecule has 1 aliphatic rings. The summed E-state index contributed by atoms with van der Waals surface area (Å²) in [6.07, 6.45) is 1.60. The largest absolute Gasteiger partial charge is 0.493 e. The molecule has 0 atom stereocenters. The highest BCUT2D eigenvalue weighted by Gasteiger charge is 2.36. The average molecular weight is 424 g/mol. The summed E-state index contributed by atoms with van der Waals surface area (Å²) >= 11 is 13.0. The summed E-state index contributed by atoms with van der Waals surface area (Å²) in [5, 5.41) is 0.509. The maximum absolute atomic E-state index is 12.7. The van der Waals surface area contributed by atoms with Crippen molar-refractivity contribution in [2.75, 3.05) is 18.6 Å². The summed E-state index contributed by atoms with van der Waals surface area (Å²) in [6, 6.07) is 9.86. The van der Waals surface area contributed by atoms with Crippen LogP contribution in [0.4, 0.5) is 10.5 Å². The van der Waals surface area contributed by atoms with E-state index in [1.165, 1.54) is 7.11 Å². The number of hydrogen-bond donors (Lipinski definition) is 0. The van der Waals surface area contributed by atoms with Crippen molar-refractivity contribution in [1.29, 1.82) is 0 Å². The van der Waals surface area contributed by atoms with Crippen molar-refractivity contribution in [1.82, 2.24) is 0 Å². The van der Waals surface area contributed by atoms with Crippen molar-refractivity contribution in [2.45, 2.75) is 6.92 Å². The Kier molecular flexibility index (Phi) is 5.99. The molecule has 8 heteroatoms. The fourth-order valence-electron chi connectivity index (χ4n) is 2.54. The van der Waals surface area contributed by atoms with E-state index in [2.05, 4.69) is 0 Å². The van der Waals surface area contributed by atoms with Gasteiger partial charge in [-0.3, -0.25) is 9.59 Å². The fourth-order valence-corrected chi connectivity index (χ4v) is 3.78. The molecule has 0 saturated carbocycles. The van der Waals surface area contributed by atoms with Crippen LogP contribution >= 0.6 is 35.0 Å². The standard InChI is InChI=1S/C19H15Cl2NO4S/c1-3-26-17-14(21)8-11(9-15(17)25-2)10-16-18(23)22(19(24)27-16)13-6-4-12(20)5-7-13/h4-10H,3H2,1-2H3/b16-10+. The summed E-state index contributed by atoms with van der Waals surface area (Å²) in [4.78, 5) is 26.4. The number of rotatable bonds is 5. The monoisotopic (exact) mass is 423 g/mol. The second-order valence-corrected chi connectivity index (χ2v) is 7.30. The van der Waals surface area contributed by atoms with E-state index in [0.29, 0.717) is 39.4 Å². The molecule has 27 heavy (non-hydrogen) atoms. The summed E-state index contributed by atoms with van der Waals surface area (Å²) < 4.78 is 10.8. The molecule has 0 radical (unpaired) electrons. The smallest absolute Gasteiger partial charge is 0.298 e. The van der Waals surface area contributed by atoms with Crippen LogP contribution in [0.2, 0.25) is 10.0 Å². The zero-order valence-electron chi connectivity index (χ0n) is 14.5. The molecule has 5 nitrogen and oxygen atoms in total. The number of carbonyl (C=O) groups excluding carboxylic acids is 2. The van der Waals surface area contributed by atoms with Gasteiger partial charge in [0.2, 0.25) is 0 Å². The van der Waals surface area contributed by atoms with Crippen LogP contribution in [-0.2, 0) is 4.79 Å². The van der Waals surface area contributed by atoms with Crippen molar-refractivity contribution in [3.8, 4) is 11.5 Å². The summed E-state index contributed by atoms with van der Waals surface area (Å²) in [7, 11) is 1.51. The molecule has 1 aliphatic heterocycles.